The van der Waals surface area contributed by atoms with Gasteiger partial charge in [0.2, 0.25) is 0 Å². The molecular weight excluding hydrogens is 591 g/mol. The van der Waals surface area contributed by atoms with Crippen LogP contribution in [0.1, 0.15) is 143 Å². The van der Waals surface area contributed by atoms with Gasteiger partial charge in [0.25, 0.3) is 0 Å². The molecule has 0 atom stereocenters. The number of hydrogen-bond donors (Lipinski definition) is 3. The maximum Gasteiger partial charge on any atom is 2.00 e. The molecular formula is C39H71BCaN4O+2. The molecule has 0 fully saturated rings. The van der Waals surface area contributed by atoms with Crippen molar-refractivity contribution in [1.29, 1.82) is 0 Å². The van der Waals surface area contributed by atoms with Crippen molar-refractivity contribution in [3.8, 4) is 5.75 Å². The van der Waals surface area contributed by atoms with E-state index < -0.39 is 0 Å². The van der Waals surface area contributed by atoms with E-state index in [1.54, 1.807) is 0 Å². The van der Waals surface area contributed by atoms with E-state index in [9.17, 15) is 5.11 Å². The molecule has 46 heavy (non-hydrogen) atoms. The van der Waals surface area contributed by atoms with Crippen LogP contribution < -0.4 is 19.8 Å². The molecule has 0 radical (unpaired) electrons. The molecule has 0 saturated carbocycles. The number of benzene rings is 2. The molecule has 0 bridgehead atoms. The third-order valence-corrected chi connectivity index (χ3v) is 7.07. The van der Waals surface area contributed by atoms with Gasteiger partial charge in [-0.05, 0) is 57.4 Å². The van der Waals surface area contributed by atoms with Crippen molar-refractivity contribution in [3.05, 3.63) is 75.7 Å². The average molecular weight is 663 g/mol. The second-order valence-corrected chi connectivity index (χ2v) is 14.1. The quantitative estimate of drug-likeness (QED) is 0.233. The molecule has 3 N–H and O–H groups in total. The second-order valence-electron chi connectivity index (χ2n) is 14.1. The standard InChI is InChI=1S/C21H34N3.C12H18O.C6H18BN.Ca/c1-15(2)19-10-9-11-20(16(3)4)21(19)23-18(6)14-17(5)22-12-13-24(7)8;1-8(2)10-6-5-7-11(9(3)4)12(10)13;1-5(2)8(7)6(3)4;/h9-11,14-16H,12-13H2,1-8H3;5-9,13H,1-4H3;5-6,8H,1-4,7H3;/q-1;;;+2/p+1/b18-14-,22-17?;;;. The molecule has 2 aromatic rings. The van der Waals surface area contributed by atoms with Gasteiger partial charge >= 0.3 is 37.7 Å². The molecule has 0 heterocycles. The summed E-state index contributed by atoms with van der Waals surface area (Å²) in [6.45, 7) is 32.7. The maximum atomic E-state index is 11.9. The Labute approximate surface area is 316 Å². The molecule has 0 aliphatic heterocycles. The summed E-state index contributed by atoms with van der Waals surface area (Å²) in [6, 6.07) is 14.1. The minimum absolute atomic E-state index is 0. The van der Waals surface area contributed by atoms with Crippen molar-refractivity contribution in [2.45, 2.75) is 133 Å². The predicted molar refractivity (Wildman–Crippen MR) is 207 cm³/mol. The van der Waals surface area contributed by atoms with Gasteiger partial charge < -0.3 is 20.1 Å². The molecule has 0 saturated heterocycles. The Morgan fingerprint density at radius 1 is 0.739 bits per heavy atom. The van der Waals surface area contributed by atoms with Crippen molar-refractivity contribution < 1.29 is 19.8 Å². The summed E-state index contributed by atoms with van der Waals surface area (Å²) in [7, 11) is 4.85. The summed E-state index contributed by atoms with van der Waals surface area (Å²) in [4.78, 5) is 6.77. The molecule has 0 aliphatic rings. The monoisotopic (exact) mass is 663 g/mol. The zero-order chi connectivity index (χ0) is 35.0. The Morgan fingerprint density at radius 2 is 1.11 bits per heavy atom. The fourth-order valence-corrected chi connectivity index (χ4v) is 4.87. The Balaban J connectivity index is 0. The van der Waals surface area contributed by atoms with E-state index in [-0.39, 0.29) is 43.5 Å². The fourth-order valence-electron chi connectivity index (χ4n) is 4.87. The largest absolute Gasteiger partial charge is 2.00 e. The fraction of sp³-hybridized carbons (Fsp3) is 0.615. The van der Waals surface area contributed by atoms with Crippen LogP contribution in [-0.4, -0.2) is 90.7 Å². The zero-order valence-corrected chi connectivity index (χ0v) is 34.2. The Hall–Kier alpha value is -1.31. The molecule has 0 aliphatic carbocycles. The van der Waals surface area contributed by atoms with Crippen molar-refractivity contribution in [2.75, 3.05) is 27.2 Å². The number of nitrogens with zero attached hydrogens (tertiary/aromatic N) is 1. The van der Waals surface area contributed by atoms with Gasteiger partial charge in [-0.25, -0.2) is 4.99 Å². The van der Waals surface area contributed by atoms with Crippen LogP contribution in [0.5, 0.6) is 5.75 Å². The molecule has 5 nitrogen and oxygen atoms in total. The Kier molecular flexibility index (Phi) is 24.4. The van der Waals surface area contributed by atoms with Crippen LogP contribution in [0.4, 0.5) is 5.69 Å². The normalized spacial score (nSPS) is 12.2. The number of hydrogen-bond acceptors (Lipinski definition) is 1. The first kappa shape index (κ1) is 46.8. The third-order valence-electron chi connectivity index (χ3n) is 7.07. The van der Waals surface area contributed by atoms with Crippen LogP contribution in [0.15, 0.2) is 48.2 Å². The molecule has 0 spiro atoms. The first-order chi connectivity index (χ1) is 20.8. The molecule has 2 rings (SSSR count). The molecule has 256 valence electrons. The second kappa shape index (κ2) is 23.9. The van der Waals surface area contributed by atoms with E-state index in [1.807, 2.05) is 23.0 Å². The summed E-state index contributed by atoms with van der Waals surface area (Å²) in [5.41, 5.74) is 7.91. The number of quaternary nitrogens is 2. The Bertz CT molecular complexity index is 1130. The van der Waals surface area contributed by atoms with Crippen LogP contribution in [0.25, 0.3) is 5.32 Å². The summed E-state index contributed by atoms with van der Waals surface area (Å²) >= 11 is 0. The number of para-hydroxylation sites is 2. The zero-order valence-electron chi connectivity index (χ0n) is 32.0. The van der Waals surface area contributed by atoms with Crippen molar-refractivity contribution in [2.24, 2.45) is 0 Å². The minimum Gasteiger partial charge on any atom is -0.872 e. The van der Waals surface area contributed by atoms with Crippen LogP contribution in [-0.2, 0) is 0 Å². The van der Waals surface area contributed by atoms with E-state index in [2.05, 4.69) is 140 Å². The van der Waals surface area contributed by atoms with E-state index in [4.69, 9.17) is 5.32 Å². The van der Waals surface area contributed by atoms with Crippen molar-refractivity contribution >= 4 is 57.1 Å². The van der Waals surface area contributed by atoms with E-state index >= 15 is 0 Å². The van der Waals surface area contributed by atoms with Crippen LogP contribution in [0.2, 0.25) is 0 Å². The first-order valence-electron chi connectivity index (χ1n) is 16.8. The molecule has 2 aromatic carbocycles. The summed E-state index contributed by atoms with van der Waals surface area (Å²) in [5.74, 6) is 1.83. The van der Waals surface area contributed by atoms with Crippen LogP contribution in [0, 0.1) is 0 Å². The predicted octanol–water partition coefficient (Wildman–Crippen LogP) is 4.12. The maximum absolute atomic E-state index is 11.9. The molecule has 0 aromatic heterocycles. The smallest absolute Gasteiger partial charge is 0.872 e. The number of likely N-dealkylation sites (N-methyl/N-ethyl adjacent to an activating group) is 1. The topological polar surface area (TPSA) is 60.0 Å². The van der Waals surface area contributed by atoms with Crippen molar-refractivity contribution in [3.63, 3.8) is 0 Å². The van der Waals surface area contributed by atoms with Gasteiger partial charge in [-0.2, -0.15) is 5.70 Å². The summed E-state index contributed by atoms with van der Waals surface area (Å²) < 4.78 is 0. The SMILES string of the molecule is CC(/C=C(/C)[N-]c1c(C(C)C)cccc1C(C)C)=[NH+]CC[NH+](C)C.CC(C)c1cccc(C(C)C)c1[O-].[BH3-][NH+](C(C)C)C(C)C.[Ca+2]. The van der Waals surface area contributed by atoms with Gasteiger partial charge in [0.05, 0.1) is 14.1 Å². The number of nitrogens with one attached hydrogen (secondary N) is 3. The van der Waals surface area contributed by atoms with Crippen LogP contribution >= 0.6 is 0 Å². The van der Waals surface area contributed by atoms with Gasteiger partial charge in [0.15, 0.2) is 20.2 Å². The van der Waals surface area contributed by atoms with Gasteiger partial charge in [-0.1, -0.05) is 121 Å². The van der Waals surface area contributed by atoms with E-state index in [0.29, 0.717) is 31.7 Å². The summed E-state index contributed by atoms with van der Waals surface area (Å²) in [6.07, 6.45) is 2.15. The van der Waals surface area contributed by atoms with Crippen LogP contribution in [0.3, 0.4) is 0 Å². The number of allylic oxidation sites excluding steroid dienone is 2. The van der Waals surface area contributed by atoms with Gasteiger partial charge in [0.1, 0.15) is 6.54 Å². The van der Waals surface area contributed by atoms with Crippen molar-refractivity contribution in [1.82, 2.24) is 0 Å². The molecule has 7 heteroatoms. The molecule has 0 amide bonds. The minimum atomic E-state index is 0. The number of rotatable bonds is 12. The molecule has 0 unspecified atom stereocenters. The average Bonchev–Trinajstić information content (AvgIpc) is 2.92. The third kappa shape index (κ3) is 17.7. The van der Waals surface area contributed by atoms with E-state index in [1.165, 1.54) is 21.7 Å². The first-order valence-corrected chi connectivity index (χ1v) is 16.8. The van der Waals surface area contributed by atoms with Gasteiger partial charge in [-0.15, -0.1) is 11.4 Å². The van der Waals surface area contributed by atoms with Gasteiger partial charge in [-0.3, -0.25) is 0 Å². The van der Waals surface area contributed by atoms with Gasteiger partial charge in [0, 0.05) is 19.0 Å². The summed E-state index contributed by atoms with van der Waals surface area (Å²) in [5, 5.41) is 16.8. The van der Waals surface area contributed by atoms with E-state index in [0.717, 1.165) is 47.7 Å². The Morgan fingerprint density at radius 3 is 1.41 bits per heavy atom.